The van der Waals surface area contributed by atoms with Crippen LogP contribution in [0.1, 0.15) is 11.1 Å². The van der Waals surface area contributed by atoms with Crippen molar-refractivity contribution in [1.29, 1.82) is 0 Å². The van der Waals surface area contributed by atoms with Crippen LogP contribution in [0.3, 0.4) is 0 Å². The lowest BCUT2D eigenvalue weighted by atomic mass is 10.1. The summed E-state index contributed by atoms with van der Waals surface area (Å²) in [5.41, 5.74) is 2.83. The molecule has 2 heterocycles. The number of amidine groups is 1. The van der Waals surface area contributed by atoms with Crippen LogP contribution in [0.5, 0.6) is 0 Å². The Kier molecular flexibility index (Phi) is 5.35. The topological polar surface area (TPSA) is 79.0 Å². The van der Waals surface area contributed by atoms with E-state index < -0.39 is 4.92 Å². The number of carbonyl (C=O) groups excluding carboxylic acids is 1. The quantitative estimate of drug-likeness (QED) is 0.438. The van der Waals surface area contributed by atoms with Gasteiger partial charge in [-0.1, -0.05) is 29.8 Å². The van der Waals surface area contributed by atoms with Gasteiger partial charge in [0.1, 0.15) is 0 Å². The van der Waals surface area contributed by atoms with Crippen molar-refractivity contribution in [3.05, 3.63) is 74.7 Å². The van der Waals surface area contributed by atoms with Crippen molar-refractivity contribution in [1.82, 2.24) is 4.90 Å². The lowest BCUT2D eigenvalue weighted by Crippen LogP contribution is -2.47. The number of amides is 1. The minimum absolute atomic E-state index is 0.0198. The second kappa shape index (κ2) is 8.08. The van der Waals surface area contributed by atoms with Gasteiger partial charge in [0.25, 0.3) is 11.6 Å². The van der Waals surface area contributed by atoms with Gasteiger partial charge in [-0.05, 0) is 43.0 Å². The number of hydrogen-bond acceptors (Lipinski definition) is 6. The maximum absolute atomic E-state index is 12.3. The lowest BCUT2D eigenvalue weighted by molar-refractivity contribution is -0.385. The highest BCUT2D eigenvalue weighted by atomic mass is 32.2. The van der Waals surface area contributed by atoms with Crippen molar-refractivity contribution in [3.63, 3.8) is 0 Å². The molecule has 2 aliphatic heterocycles. The van der Waals surface area contributed by atoms with Crippen molar-refractivity contribution < 1.29 is 9.72 Å². The Bertz CT molecular complexity index is 1010. The summed E-state index contributed by atoms with van der Waals surface area (Å²) in [6.07, 6.45) is 1.56. The number of benzene rings is 2. The molecule has 0 N–H and O–H groups in total. The number of aliphatic imine (C=N–C) groups is 1. The fourth-order valence-electron chi connectivity index (χ4n) is 3.36. The van der Waals surface area contributed by atoms with Gasteiger partial charge in [0.05, 0.1) is 15.4 Å². The van der Waals surface area contributed by atoms with Crippen LogP contribution >= 0.6 is 11.8 Å². The summed E-state index contributed by atoms with van der Waals surface area (Å²) >= 11 is 1.29. The molecule has 2 aromatic carbocycles. The highest BCUT2D eigenvalue weighted by molar-refractivity contribution is 8.18. The second-order valence-electron chi connectivity index (χ2n) is 6.94. The van der Waals surface area contributed by atoms with E-state index in [2.05, 4.69) is 46.0 Å². The molecular formula is C21H20N4O3S. The molecule has 2 aromatic rings. The number of nitro benzene ring substituents is 1. The van der Waals surface area contributed by atoms with E-state index in [1.54, 1.807) is 24.3 Å². The molecule has 29 heavy (non-hydrogen) atoms. The van der Waals surface area contributed by atoms with Gasteiger partial charge in [-0.3, -0.25) is 14.9 Å². The maximum Gasteiger partial charge on any atom is 0.286 e. The standard InChI is InChI=1S/C21H20N4O3S/c1-15-6-8-17(9-7-15)23-10-12-24(13-11-23)21-22-20(26)19(29-21)14-16-4-2-3-5-18(16)25(27)28/h2-9,14H,10-13H2,1H3/b19-14-. The van der Waals surface area contributed by atoms with Gasteiger partial charge in [0.2, 0.25) is 0 Å². The number of thioether (sulfide) groups is 1. The molecule has 1 fully saturated rings. The van der Waals surface area contributed by atoms with Crippen LogP contribution in [0.4, 0.5) is 11.4 Å². The third-order valence-corrected chi connectivity index (χ3v) is 6.02. The Morgan fingerprint density at radius 1 is 1.03 bits per heavy atom. The van der Waals surface area contributed by atoms with Crippen LogP contribution < -0.4 is 4.90 Å². The third kappa shape index (κ3) is 4.17. The van der Waals surface area contributed by atoms with Gasteiger partial charge in [-0.2, -0.15) is 4.99 Å². The Morgan fingerprint density at radius 2 is 1.69 bits per heavy atom. The molecule has 4 rings (SSSR count). The molecule has 8 heteroatoms. The van der Waals surface area contributed by atoms with E-state index in [0.29, 0.717) is 15.6 Å². The average molecular weight is 408 g/mol. The Labute approximate surface area is 172 Å². The third-order valence-electron chi connectivity index (χ3n) is 4.98. The summed E-state index contributed by atoms with van der Waals surface area (Å²) in [7, 11) is 0. The summed E-state index contributed by atoms with van der Waals surface area (Å²) in [6.45, 7) is 5.31. The molecule has 0 aromatic heterocycles. The van der Waals surface area contributed by atoms with Crippen molar-refractivity contribution in [2.75, 3.05) is 31.1 Å². The van der Waals surface area contributed by atoms with Crippen molar-refractivity contribution in [2.24, 2.45) is 4.99 Å². The van der Waals surface area contributed by atoms with Gasteiger partial charge >= 0.3 is 0 Å². The fourth-order valence-corrected chi connectivity index (χ4v) is 4.32. The molecular weight excluding hydrogens is 388 g/mol. The van der Waals surface area contributed by atoms with E-state index in [1.165, 1.54) is 29.1 Å². The first kappa shape index (κ1) is 19.2. The summed E-state index contributed by atoms with van der Waals surface area (Å²) in [4.78, 5) is 32.1. The lowest BCUT2D eigenvalue weighted by Gasteiger charge is -2.36. The Hall–Kier alpha value is -3.13. The summed E-state index contributed by atoms with van der Waals surface area (Å²) in [5.74, 6) is -0.343. The van der Waals surface area contributed by atoms with Gasteiger partial charge in [-0.25, -0.2) is 0 Å². The number of carbonyl (C=O) groups is 1. The highest BCUT2D eigenvalue weighted by Gasteiger charge is 2.29. The molecule has 0 unspecified atom stereocenters. The molecule has 7 nitrogen and oxygen atoms in total. The highest BCUT2D eigenvalue weighted by Crippen LogP contribution is 2.32. The number of nitro groups is 1. The largest absolute Gasteiger partial charge is 0.368 e. The van der Waals surface area contributed by atoms with E-state index in [-0.39, 0.29) is 11.6 Å². The van der Waals surface area contributed by atoms with E-state index in [0.717, 1.165) is 26.2 Å². The molecule has 0 saturated carbocycles. The smallest absolute Gasteiger partial charge is 0.286 e. The molecule has 0 radical (unpaired) electrons. The van der Waals surface area contributed by atoms with E-state index in [1.807, 2.05) is 0 Å². The normalized spacial score (nSPS) is 18.3. The number of nitrogens with zero attached hydrogens (tertiary/aromatic N) is 4. The first-order chi connectivity index (χ1) is 14.0. The molecule has 0 aliphatic carbocycles. The van der Waals surface area contributed by atoms with E-state index in [9.17, 15) is 14.9 Å². The van der Waals surface area contributed by atoms with Crippen LogP contribution in [-0.4, -0.2) is 47.1 Å². The number of rotatable bonds is 3. The zero-order chi connectivity index (χ0) is 20.4. The van der Waals surface area contributed by atoms with Gasteiger partial charge < -0.3 is 9.80 Å². The van der Waals surface area contributed by atoms with E-state index >= 15 is 0 Å². The minimum Gasteiger partial charge on any atom is -0.368 e. The summed E-state index contributed by atoms with van der Waals surface area (Å²) < 4.78 is 0. The zero-order valence-electron chi connectivity index (χ0n) is 15.9. The number of piperazine rings is 1. The van der Waals surface area contributed by atoms with Crippen LogP contribution in [-0.2, 0) is 4.79 Å². The van der Waals surface area contributed by atoms with Crippen molar-refractivity contribution in [2.45, 2.75) is 6.92 Å². The summed E-state index contributed by atoms with van der Waals surface area (Å²) in [5, 5.41) is 11.9. The number of hydrogen-bond donors (Lipinski definition) is 0. The summed E-state index contributed by atoms with van der Waals surface area (Å²) in [6, 6.07) is 14.9. The minimum atomic E-state index is -0.442. The van der Waals surface area contributed by atoms with E-state index in [4.69, 9.17) is 0 Å². The number of para-hydroxylation sites is 1. The predicted octanol–water partition coefficient (Wildman–Crippen LogP) is 3.70. The molecule has 1 amide bonds. The first-order valence-electron chi connectivity index (χ1n) is 9.34. The first-order valence-corrected chi connectivity index (χ1v) is 10.2. The van der Waals surface area contributed by atoms with Crippen LogP contribution in [0, 0.1) is 17.0 Å². The molecule has 1 saturated heterocycles. The van der Waals surface area contributed by atoms with Gasteiger partial charge in [0.15, 0.2) is 5.17 Å². The fraction of sp³-hybridized carbons (Fsp3) is 0.238. The second-order valence-corrected chi connectivity index (χ2v) is 7.94. The molecule has 0 spiro atoms. The van der Waals surface area contributed by atoms with Gasteiger partial charge in [-0.15, -0.1) is 0 Å². The number of aryl methyl sites for hydroxylation is 1. The zero-order valence-corrected chi connectivity index (χ0v) is 16.8. The molecule has 2 aliphatic rings. The Balaban J connectivity index is 1.43. The molecule has 148 valence electrons. The maximum atomic E-state index is 12.3. The van der Waals surface area contributed by atoms with Crippen LogP contribution in [0.15, 0.2) is 58.4 Å². The SMILES string of the molecule is Cc1ccc(N2CCN(C3=NC(=O)/C(=C/c4ccccc4[N+](=O)[O-])S3)CC2)cc1. The Morgan fingerprint density at radius 3 is 2.38 bits per heavy atom. The average Bonchev–Trinajstić information content (AvgIpc) is 3.09. The van der Waals surface area contributed by atoms with Crippen LogP contribution in [0.25, 0.3) is 6.08 Å². The van der Waals surface area contributed by atoms with Crippen molar-refractivity contribution >= 4 is 40.3 Å². The monoisotopic (exact) mass is 408 g/mol. The van der Waals surface area contributed by atoms with Crippen LogP contribution in [0.2, 0.25) is 0 Å². The predicted molar refractivity (Wildman–Crippen MR) is 116 cm³/mol. The molecule has 0 atom stereocenters. The van der Waals surface area contributed by atoms with Crippen molar-refractivity contribution in [3.8, 4) is 0 Å². The molecule has 0 bridgehead atoms. The number of anilines is 1. The van der Waals surface area contributed by atoms with Gasteiger partial charge in [0, 0.05) is 37.9 Å².